The first-order valence-corrected chi connectivity index (χ1v) is 8.51. The molecule has 3 heterocycles. The number of aromatic nitrogens is 4. The summed E-state index contributed by atoms with van der Waals surface area (Å²) in [6.07, 6.45) is 6.97. The van der Waals surface area contributed by atoms with Gasteiger partial charge in [-0.25, -0.2) is 4.79 Å². The van der Waals surface area contributed by atoms with Crippen molar-refractivity contribution in [3.05, 3.63) is 72.8 Å². The number of carbonyl (C=O) groups excluding carboxylic acids is 1. The van der Waals surface area contributed by atoms with Gasteiger partial charge < -0.3 is 10.6 Å². The zero-order chi connectivity index (χ0) is 18.6. The van der Waals surface area contributed by atoms with Crippen molar-refractivity contribution in [1.82, 2.24) is 25.1 Å². The average Bonchev–Trinajstić information content (AvgIpc) is 3.05. The quantitative estimate of drug-likeness (QED) is 0.586. The van der Waals surface area contributed by atoms with Crippen LogP contribution in [0.4, 0.5) is 10.5 Å². The Labute approximate surface area is 156 Å². The molecule has 0 spiro atoms. The smallest absolute Gasteiger partial charge is 0.319 e. The van der Waals surface area contributed by atoms with E-state index in [2.05, 4.69) is 25.7 Å². The third-order valence-corrected chi connectivity index (χ3v) is 4.27. The lowest BCUT2D eigenvalue weighted by Crippen LogP contribution is -2.28. The number of fused-ring (bicyclic) bond motifs is 1. The fourth-order valence-corrected chi connectivity index (χ4v) is 2.89. The largest absolute Gasteiger partial charge is 0.334 e. The number of rotatable bonds is 4. The maximum Gasteiger partial charge on any atom is 0.319 e. The van der Waals surface area contributed by atoms with Gasteiger partial charge in [-0.2, -0.15) is 5.10 Å². The van der Waals surface area contributed by atoms with Gasteiger partial charge in [0.05, 0.1) is 5.52 Å². The second-order valence-corrected chi connectivity index (χ2v) is 6.11. The van der Waals surface area contributed by atoms with Crippen LogP contribution in [0.5, 0.6) is 0 Å². The van der Waals surface area contributed by atoms with Crippen molar-refractivity contribution < 1.29 is 4.79 Å². The molecule has 134 valence electrons. The van der Waals surface area contributed by atoms with Gasteiger partial charge >= 0.3 is 6.03 Å². The minimum absolute atomic E-state index is 0.257. The van der Waals surface area contributed by atoms with Crippen molar-refractivity contribution in [3.8, 4) is 11.3 Å². The highest BCUT2D eigenvalue weighted by Gasteiger charge is 2.10. The second-order valence-electron chi connectivity index (χ2n) is 6.11. The van der Waals surface area contributed by atoms with Gasteiger partial charge in [-0.05, 0) is 35.9 Å². The SMILES string of the molecule is Cn1nc(-c2ccc(NC(=O)NCc3ccncc3)cc2)c2cnccc21. The summed E-state index contributed by atoms with van der Waals surface area (Å²) in [5.74, 6) is 0. The number of nitrogens with zero attached hydrogens (tertiary/aromatic N) is 4. The van der Waals surface area contributed by atoms with Crippen LogP contribution in [0.15, 0.2) is 67.3 Å². The molecule has 0 fully saturated rings. The van der Waals surface area contributed by atoms with E-state index in [0.717, 1.165) is 27.7 Å². The van der Waals surface area contributed by atoms with Crippen molar-refractivity contribution in [3.63, 3.8) is 0 Å². The predicted octanol–water partition coefficient (Wildman–Crippen LogP) is 3.35. The summed E-state index contributed by atoms with van der Waals surface area (Å²) >= 11 is 0. The highest BCUT2D eigenvalue weighted by Crippen LogP contribution is 2.27. The molecule has 7 heteroatoms. The predicted molar refractivity (Wildman–Crippen MR) is 104 cm³/mol. The van der Waals surface area contributed by atoms with Gasteiger partial charge in [0.2, 0.25) is 0 Å². The number of hydrogen-bond acceptors (Lipinski definition) is 4. The van der Waals surface area contributed by atoms with Crippen molar-refractivity contribution in [2.75, 3.05) is 5.32 Å². The summed E-state index contributed by atoms with van der Waals surface area (Å²) in [5.41, 5.74) is 4.57. The maximum atomic E-state index is 12.1. The Morgan fingerprint density at radius 1 is 1.00 bits per heavy atom. The third kappa shape index (κ3) is 3.62. The zero-order valence-electron chi connectivity index (χ0n) is 14.8. The monoisotopic (exact) mass is 358 g/mol. The average molecular weight is 358 g/mol. The molecule has 3 aromatic heterocycles. The molecule has 0 aliphatic heterocycles. The summed E-state index contributed by atoms with van der Waals surface area (Å²) in [4.78, 5) is 20.2. The van der Waals surface area contributed by atoms with Crippen LogP contribution in [0.3, 0.4) is 0 Å². The molecular weight excluding hydrogens is 340 g/mol. The van der Waals surface area contributed by atoms with Gasteiger partial charge in [0.15, 0.2) is 0 Å². The number of urea groups is 1. The minimum atomic E-state index is -0.257. The first kappa shape index (κ1) is 16.7. The van der Waals surface area contributed by atoms with Gasteiger partial charge in [-0.3, -0.25) is 14.6 Å². The fourth-order valence-electron chi connectivity index (χ4n) is 2.89. The second kappa shape index (κ2) is 7.25. The molecule has 2 N–H and O–H groups in total. The van der Waals surface area contributed by atoms with Crippen LogP contribution in [0.2, 0.25) is 0 Å². The topological polar surface area (TPSA) is 84.7 Å². The van der Waals surface area contributed by atoms with Crippen LogP contribution in [0.1, 0.15) is 5.56 Å². The molecule has 0 saturated carbocycles. The fraction of sp³-hybridized carbons (Fsp3) is 0.100. The molecule has 0 bridgehead atoms. The minimum Gasteiger partial charge on any atom is -0.334 e. The Morgan fingerprint density at radius 3 is 2.52 bits per heavy atom. The first-order valence-electron chi connectivity index (χ1n) is 8.51. The maximum absolute atomic E-state index is 12.1. The number of carbonyl (C=O) groups is 1. The first-order chi connectivity index (χ1) is 13.2. The number of hydrogen-bond donors (Lipinski definition) is 2. The summed E-state index contributed by atoms with van der Waals surface area (Å²) in [7, 11) is 1.91. The molecule has 1 aromatic carbocycles. The standard InChI is InChI=1S/C20H18N6O/c1-26-18-8-11-22-13-17(18)19(25-26)15-2-4-16(5-3-15)24-20(27)23-12-14-6-9-21-10-7-14/h2-11,13H,12H2,1H3,(H2,23,24,27). The molecule has 0 atom stereocenters. The number of pyridine rings is 2. The number of anilines is 1. The van der Waals surface area contributed by atoms with Crippen LogP contribution in [-0.4, -0.2) is 25.8 Å². The lowest BCUT2D eigenvalue weighted by atomic mass is 10.1. The Bertz CT molecular complexity index is 1070. The van der Waals surface area contributed by atoms with Gasteiger partial charge in [0.25, 0.3) is 0 Å². The molecule has 0 aliphatic rings. The summed E-state index contributed by atoms with van der Waals surface area (Å²) < 4.78 is 1.84. The normalized spacial score (nSPS) is 10.7. The van der Waals surface area contributed by atoms with E-state index in [0.29, 0.717) is 12.2 Å². The lowest BCUT2D eigenvalue weighted by Gasteiger charge is -2.08. The van der Waals surface area contributed by atoms with Crippen molar-refractivity contribution in [2.24, 2.45) is 7.05 Å². The van der Waals surface area contributed by atoms with E-state index in [1.54, 1.807) is 18.6 Å². The highest BCUT2D eigenvalue weighted by atomic mass is 16.2. The molecule has 0 saturated heterocycles. The van der Waals surface area contributed by atoms with Crippen LogP contribution >= 0.6 is 0 Å². The molecule has 4 aromatic rings. The van der Waals surface area contributed by atoms with Gasteiger partial charge in [0, 0.05) is 55.0 Å². The molecule has 0 aliphatic carbocycles. The van der Waals surface area contributed by atoms with Crippen LogP contribution in [-0.2, 0) is 13.6 Å². The Hall–Kier alpha value is -3.74. The van der Waals surface area contributed by atoms with Crippen molar-refractivity contribution in [1.29, 1.82) is 0 Å². The van der Waals surface area contributed by atoms with E-state index in [4.69, 9.17) is 0 Å². The zero-order valence-corrected chi connectivity index (χ0v) is 14.8. The number of benzene rings is 1. The van der Waals surface area contributed by atoms with Crippen molar-refractivity contribution >= 4 is 22.6 Å². The van der Waals surface area contributed by atoms with E-state index in [9.17, 15) is 4.79 Å². The molecule has 7 nitrogen and oxygen atoms in total. The third-order valence-electron chi connectivity index (χ3n) is 4.27. The number of amides is 2. The Balaban J connectivity index is 1.45. The van der Waals surface area contributed by atoms with Crippen LogP contribution < -0.4 is 10.6 Å². The summed E-state index contributed by atoms with van der Waals surface area (Å²) in [5, 5.41) is 11.2. The number of aryl methyl sites for hydroxylation is 1. The molecule has 2 amide bonds. The Morgan fingerprint density at radius 2 is 1.74 bits per heavy atom. The van der Waals surface area contributed by atoms with Gasteiger partial charge in [0.1, 0.15) is 5.69 Å². The van der Waals surface area contributed by atoms with Crippen LogP contribution in [0.25, 0.3) is 22.2 Å². The molecule has 0 radical (unpaired) electrons. The summed E-state index contributed by atoms with van der Waals surface area (Å²) in [6.45, 7) is 0.444. The molecular formula is C20H18N6O. The van der Waals surface area contributed by atoms with E-state index in [1.165, 1.54) is 0 Å². The lowest BCUT2D eigenvalue weighted by molar-refractivity contribution is 0.251. The molecule has 0 unspecified atom stereocenters. The van der Waals surface area contributed by atoms with E-state index in [1.807, 2.05) is 60.4 Å². The molecule has 4 rings (SSSR count). The van der Waals surface area contributed by atoms with Crippen LogP contribution in [0, 0.1) is 0 Å². The van der Waals surface area contributed by atoms with E-state index >= 15 is 0 Å². The molecule has 27 heavy (non-hydrogen) atoms. The van der Waals surface area contributed by atoms with Gasteiger partial charge in [-0.15, -0.1) is 0 Å². The summed E-state index contributed by atoms with van der Waals surface area (Å²) in [6, 6.07) is 13.0. The number of nitrogens with one attached hydrogen (secondary N) is 2. The van der Waals surface area contributed by atoms with Gasteiger partial charge in [-0.1, -0.05) is 12.1 Å². The Kier molecular flexibility index (Phi) is 4.49. The highest BCUT2D eigenvalue weighted by molar-refractivity contribution is 5.93. The van der Waals surface area contributed by atoms with Crippen molar-refractivity contribution in [2.45, 2.75) is 6.54 Å². The van der Waals surface area contributed by atoms with E-state index < -0.39 is 0 Å². The van der Waals surface area contributed by atoms with E-state index in [-0.39, 0.29) is 6.03 Å².